The van der Waals surface area contributed by atoms with Crippen molar-refractivity contribution in [3.63, 3.8) is 0 Å². The van der Waals surface area contributed by atoms with E-state index in [0.717, 1.165) is 12.0 Å². The molecule has 18 heavy (non-hydrogen) atoms. The Morgan fingerprint density at radius 1 is 1.28 bits per heavy atom. The number of halogens is 1. The predicted octanol–water partition coefficient (Wildman–Crippen LogP) is 3.43. The first kappa shape index (κ1) is 14.7. The van der Waals surface area contributed by atoms with Crippen molar-refractivity contribution < 1.29 is 14.3 Å². The molecule has 0 bridgehead atoms. The Kier molecular flexibility index (Phi) is 5.86. The normalized spacial score (nSPS) is 10.2. The van der Waals surface area contributed by atoms with Gasteiger partial charge in [0.25, 0.3) is 0 Å². The van der Waals surface area contributed by atoms with Gasteiger partial charge < -0.3 is 4.74 Å². The molecule has 98 valence electrons. The van der Waals surface area contributed by atoms with E-state index in [-0.39, 0.29) is 18.2 Å². The van der Waals surface area contributed by atoms with Gasteiger partial charge in [-0.25, -0.2) is 0 Å². The van der Waals surface area contributed by atoms with Crippen molar-refractivity contribution in [2.24, 2.45) is 0 Å². The van der Waals surface area contributed by atoms with Crippen LogP contribution in [0.2, 0.25) is 5.02 Å². The molecule has 0 amide bonds. The van der Waals surface area contributed by atoms with Crippen molar-refractivity contribution >= 4 is 23.4 Å². The standard InChI is InChI=1S/C14H17ClO3/c1-3-10-7-8-11(9-12(10)15)13(16)5-4-6-14(17)18-2/h7-9H,3-6H2,1-2H3. The molecule has 0 spiro atoms. The average Bonchev–Trinajstić information content (AvgIpc) is 2.38. The van der Waals surface area contributed by atoms with Gasteiger partial charge in [-0.2, -0.15) is 0 Å². The van der Waals surface area contributed by atoms with Crippen molar-refractivity contribution in [1.29, 1.82) is 0 Å². The van der Waals surface area contributed by atoms with E-state index in [1.807, 2.05) is 13.0 Å². The SMILES string of the molecule is CCc1ccc(C(=O)CCCC(=O)OC)cc1Cl. The average molecular weight is 269 g/mol. The summed E-state index contributed by atoms with van der Waals surface area (Å²) in [5.74, 6) is -0.286. The fourth-order valence-corrected chi connectivity index (χ4v) is 1.96. The van der Waals surface area contributed by atoms with Crippen molar-refractivity contribution in [3.05, 3.63) is 34.3 Å². The van der Waals surface area contributed by atoms with E-state index >= 15 is 0 Å². The number of methoxy groups -OCH3 is 1. The number of rotatable bonds is 6. The summed E-state index contributed by atoms with van der Waals surface area (Å²) in [6.45, 7) is 2.01. The van der Waals surface area contributed by atoms with Gasteiger partial charge in [0.15, 0.2) is 5.78 Å². The van der Waals surface area contributed by atoms with Crippen molar-refractivity contribution in [2.75, 3.05) is 7.11 Å². The molecule has 0 fully saturated rings. The first-order valence-electron chi connectivity index (χ1n) is 5.97. The molecule has 0 atom stereocenters. The molecule has 0 N–H and O–H groups in total. The Hall–Kier alpha value is -1.35. The zero-order valence-electron chi connectivity index (χ0n) is 10.7. The minimum absolute atomic E-state index is 0.00320. The number of ether oxygens (including phenoxy) is 1. The molecule has 1 rings (SSSR count). The number of Topliss-reactive ketones (excluding diaryl/α,β-unsaturated/α-hetero) is 1. The lowest BCUT2D eigenvalue weighted by molar-refractivity contribution is -0.140. The topological polar surface area (TPSA) is 43.4 Å². The summed E-state index contributed by atoms with van der Waals surface area (Å²) in [7, 11) is 1.34. The van der Waals surface area contributed by atoms with Crippen LogP contribution in [-0.4, -0.2) is 18.9 Å². The Labute approximate surface area is 112 Å². The molecular weight excluding hydrogens is 252 g/mol. The summed E-state index contributed by atoms with van der Waals surface area (Å²) in [6, 6.07) is 5.35. The molecule has 0 aliphatic rings. The highest BCUT2D eigenvalue weighted by Crippen LogP contribution is 2.19. The second-order valence-electron chi connectivity index (χ2n) is 4.01. The van der Waals surface area contributed by atoms with Crippen LogP contribution in [0.25, 0.3) is 0 Å². The first-order chi connectivity index (χ1) is 8.58. The summed E-state index contributed by atoms with van der Waals surface area (Å²) in [4.78, 5) is 22.8. The quantitative estimate of drug-likeness (QED) is 0.586. The molecule has 0 saturated heterocycles. The zero-order valence-corrected chi connectivity index (χ0v) is 11.4. The Morgan fingerprint density at radius 2 is 2.00 bits per heavy atom. The van der Waals surface area contributed by atoms with Crippen LogP contribution >= 0.6 is 11.6 Å². The van der Waals surface area contributed by atoms with Crippen molar-refractivity contribution in [3.8, 4) is 0 Å². The zero-order chi connectivity index (χ0) is 13.5. The fraction of sp³-hybridized carbons (Fsp3) is 0.429. The number of benzene rings is 1. The third-order valence-corrected chi connectivity index (χ3v) is 3.12. The molecule has 0 unspecified atom stereocenters. The number of carbonyl (C=O) groups is 2. The summed E-state index contributed by atoms with van der Waals surface area (Å²) >= 11 is 6.05. The molecule has 3 nitrogen and oxygen atoms in total. The molecule has 1 aromatic rings. The number of ketones is 1. The fourth-order valence-electron chi connectivity index (χ4n) is 1.65. The van der Waals surface area contributed by atoms with Crippen LogP contribution in [0.1, 0.15) is 42.1 Å². The monoisotopic (exact) mass is 268 g/mol. The molecule has 1 aromatic carbocycles. The van der Waals surface area contributed by atoms with Gasteiger partial charge in [-0.1, -0.05) is 30.7 Å². The van der Waals surface area contributed by atoms with Crippen LogP contribution in [0.15, 0.2) is 18.2 Å². The summed E-state index contributed by atoms with van der Waals surface area (Å²) in [5.41, 5.74) is 1.63. The van der Waals surface area contributed by atoms with Gasteiger partial charge in [0.1, 0.15) is 0 Å². The lowest BCUT2D eigenvalue weighted by Crippen LogP contribution is -2.04. The van der Waals surface area contributed by atoms with E-state index in [1.54, 1.807) is 12.1 Å². The summed E-state index contributed by atoms with van der Waals surface area (Å²) in [6.07, 6.45) is 1.94. The van der Waals surface area contributed by atoms with Gasteiger partial charge in [-0.3, -0.25) is 9.59 Å². The van der Waals surface area contributed by atoms with Gasteiger partial charge >= 0.3 is 5.97 Å². The molecule has 0 saturated carbocycles. The minimum atomic E-state index is -0.290. The van der Waals surface area contributed by atoms with Gasteiger partial charge in [-0.05, 0) is 24.5 Å². The Bertz CT molecular complexity index is 441. The Balaban J connectivity index is 2.56. The number of carbonyl (C=O) groups excluding carboxylic acids is 2. The number of aryl methyl sites for hydroxylation is 1. The van der Waals surface area contributed by atoms with Crippen LogP contribution in [0.5, 0.6) is 0 Å². The van der Waals surface area contributed by atoms with E-state index < -0.39 is 0 Å². The highest BCUT2D eigenvalue weighted by Gasteiger charge is 2.09. The maximum absolute atomic E-state index is 11.9. The van der Waals surface area contributed by atoms with E-state index in [2.05, 4.69) is 4.74 Å². The largest absolute Gasteiger partial charge is 0.469 e. The second-order valence-corrected chi connectivity index (χ2v) is 4.42. The maximum Gasteiger partial charge on any atom is 0.305 e. The van der Waals surface area contributed by atoms with Crippen molar-refractivity contribution in [2.45, 2.75) is 32.6 Å². The number of hydrogen-bond donors (Lipinski definition) is 0. The third kappa shape index (κ3) is 4.15. The summed E-state index contributed by atoms with van der Waals surface area (Å²) in [5, 5.41) is 0.622. The van der Waals surface area contributed by atoms with Gasteiger partial charge in [0.2, 0.25) is 0 Å². The third-order valence-electron chi connectivity index (χ3n) is 2.77. The Morgan fingerprint density at radius 3 is 2.56 bits per heavy atom. The first-order valence-corrected chi connectivity index (χ1v) is 6.34. The van der Waals surface area contributed by atoms with Crippen LogP contribution < -0.4 is 0 Å². The van der Waals surface area contributed by atoms with Gasteiger partial charge in [0, 0.05) is 23.4 Å². The lowest BCUT2D eigenvalue weighted by atomic mass is 10.0. The highest BCUT2D eigenvalue weighted by atomic mass is 35.5. The molecule has 0 aliphatic heterocycles. The van der Waals surface area contributed by atoms with Gasteiger partial charge in [0.05, 0.1) is 7.11 Å². The minimum Gasteiger partial charge on any atom is -0.469 e. The van der Waals surface area contributed by atoms with Crippen LogP contribution in [0.4, 0.5) is 0 Å². The molecular formula is C14H17ClO3. The number of hydrogen-bond acceptors (Lipinski definition) is 3. The molecule has 0 heterocycles. The molecule has 0 radical (unpaired) electrons. The molecule has 0 aromatic heterocycles. The lowest BCUT2D eigenvalue weighted by Gasteiger charge is -2.05. The van der Waals surface area contributed by atoms with E-state index in [0.29, 0.717) is 23.4 Å². The predicted molar refractivity (Wildman–Crippen MR) is 71.0 cm³/mol. The van der Waals surface area contributed by atoms with Crippen LogP contribution in [-0.2, 0) is 16.0 Å². The number of esters is 1. The van der Waals surface area contributed by atoms with Crippen LogP contribution in [0, 0.1) is 0 Å². The van der Waals surface area contributed by atoms with E-state index in [1.165, 1.54) is 7.11 Å². The smallest absolute Gasteiger partial charge is 0.305 e. The van der Waals surface area contributed by atoms with Gasteiger partial charge in [-0.15, -0.1) is 0 Å². The molecule has 4 heteroatoms. The molecule has 0 aliphatic carbocycles. The summed E-state index contributed by atoms with van der Waals surface area (Å²) < 4.78 is 4.52. The van der Waals surface area contributed by atoms with E-state index in [9.17, 15) is 9.59 Å². The maximum atomic E-state index is 11.9. The highest BCUT2D eigenvalue weighted by molar-refractivity contribution is 6.31. The van der Waals surface area contributed by atoms with Crippen molar-refractivity contribution in [1.82, 2.24) is 0 Å². The second kappa shape index (κ2) is 7.17. The van der Waals surface area contributed by atoms with Crippen LogP contribution in [0.3, 0.4) is 0 Å². The van der Waals surface area contributed by atoms with E-state index in [4.69, 9.17) is 11.6 Å².